The number of fused-ring (bicyclic) bond motifs is 2. The van der Waals surface area contributed by atoms with Crippen molar-refractivity contribution in [2.45, 2.75) is 6.42 Å². The molecule has 0 spiro atoms. The van der Waals surface area contributed by atoms with Crippen LogP contribution in [-0.4, -0.2) is 25.5 Å². The van der Waals surface area contributed by atoms with Gasteiger partial charge in [-0.3, -0.25) is 9.20 Å². The second-order valence-electron chi connectivity index (χ2n) is 5.71. The number of aromatic nitrogens is 4. The van der Waals surface area contributed by atoms with Crippen molar-refractivity contribution in [3.63, 3.8) is 0 Å². The van der Waals surface area contributed by atoms with Crippen LogP contribution in [-0.2, 0) is 11.2 Å². The van der Waals surface area contributed by atoms with Crippen molar-refractivity contribution in [3.8, 4) is 11.6 Å². The van der Waals surface area contributed by atoms with Crippen LogP contribution in [0.4, 0.5) is 0 Å². The lowest BCUT2D eigenvalue weighted by molar-refractivity contribution is -0.120. The van der Waals surface area contributed by atoms with Gasteiger partial charge in [0.05, 0.1) is 11.3 Å². The van der Waals surface area contributed by atoms with Crippen molar-refractivity contribution in [1.29, 1.82) is 0 Å². The first-order chi connectivity index (χ1) is 12.3. The number of thiazole rings is 1. The average molecular weight is 349 g/mol. The Labute approximate surface area is 145 Å². The van der Waals surface area contributed by atoms with Crippen LogP contribution in [0.15, 0.2) is 51.4 Å². The second-order valence-corrected chi connectivity index (χ2v) is 6.58. The first-order valence-electron chi connectivity index (χ1n) is 7.71. The Hall–Kier alpha value is -3.13. The molecule has 7 nitrogen and oxygen atoms in total. The van der Waals surface area contributed by atoms with E-state index in [1.54, 1.807) is 0 Å². The molecule has 0 saturated carbocycles. The predicted octanol–water partition coefficient (Wildman–Crippen LogP) is 1.24. The van der Waals surface area contributed by atoms with Gasteiger partial charge >= 0.3 is 0 Å². The Morgan fingerprint density at radius 3 is 3.08 bits per heavy atom. The first kappa shape index (κ1) is 14.2. The lowest BCUT2D eigenvalue weighted by Crippen LogP contribution is -2.34. The molecule has 0 saturated heterocycles. The van der Waals surface area contributed by atoms with Crippen LogP contribution in [0, 0.1) is 5.92 Å². The van der Waals surface area contributed by atoms with Crippen LogP contribution in [0.1, 0.15) is 5.89 Å². The summed E-state index contributed by atoms with van der Waals surface area (Å²) in [5.41, 5.74) is 0.625. The summed E-state index contributed by atoms with van der Waals surface area (Å²) in [5, 5.41) is 11.7. The van der Waals surface area contributed by atoms with E-state index in [0.717, 1.165) is 10.2 Å². The smallest absolute Gasteiger partial charge is 0.267 e. The molecule has 1 atom stereocenters. The Bertz CT molecular complexity index is 1190. The molecule has 4 aromatic rings. The quantitative estimate of drug-likeness (QED) is 0.556. The standard InChI is InChI=1S/C17H11N5O2S/c23-15-11(7-10-3-1-2-4-12(10)18-15)8-14-20-21-16(24-14)13-9-22-5-6-25-17(22)19-13/h1-7,9,11H,8H2. The fourth-order valence-corrected chi connectivity index (χ4v) is 3.52. The van der Waals surface area contributed by atoms with Crippen molar-refractivity contribution in [2.75, 3.05) is 0 Å². The fraction of sp³-hybridized carbons (Fsp3) is 0.118. The number of imidazole rings is 1. The summed E-state index contributed by atoms with van der Waals surface area (Å²) in [5.74, 6) is 0.164. The van der Waals surface area contributed by atoms with Crippen LogP contribution in [0.3, 0.4) is 0 Å². The van der Waals surface area contributed by atoms with Crippen LogP contribution in [0.25, 0.3) is 22.6 Å². The van der Waals surface area contributed by atoms with Gasteiger partial charge in [-0.2, -0.15) is 0 Å². The summed E-state index contributed by atoms with van der Waals surface area (Å²) in [6, 6.07) is 7.56. The van der Waals surface area contributed by atoms with Gasteiger partial charge in [0.25, 0.3) is 11.8 Å². The van der Waals surface area contributed by atoms with E-state index in [2.05, 4.69) is 20.2 Å². The van der Waals surface area contributed by atoms with E-state index in [1.165, 1.54) is 11.3 Å². The molecule has 3 aromatic heterocycles. The van der Waals surface area contributed by atoms with E-state index in [4.69, 9.17) is 4.42 Å². The van der Waals surface area contributed by atoms with Crippen molar-refractivity contribution >= 4 is 28.3 Å². The van der Waals surface area contributed by atoms with E-state index < -0.39 is 5.92 Å². The third-order valence-electron chi connectivity index (χ3n) is 4.04. The summed E-state index contributed by atoms with van der Waals surface area (Å²) in [6.45, 7) is 0. The Morgan fingerprint density at radius 2 is 2.16 bits per heavy atom. The number of benzene rings is 1. The topological polar surface area (TPSA) is 85.7 Å². The molecule has 0 aliphatic carbocycles. The maximum absolute atomic E-state index is 12.2. The number of hydrogen-bond donors (Lipinski definition) is 0. The van der Waals surface area contributed by atoms with Gasteiger partial charge < -0.3 is 4.42 Å². The average Bonchev–Trinajstić information content (AvgIpc) is 3.30. The molecule has 1 aromatic carbocycles. The molecule has 8 heteroatoms. The van der Waals surface area contributed by atoms with E-state index in [9.17, 15) is 4.79 Å². The van der Waals surface area contributed by atoms with Gasteiger partial charge in [-0.1, -0.05) is 24.3 Å². The SMILES string of the molecule is O=C1N=c2ccccc2=CC1Cc1nnc(-c2cn3ccsc3n2)o1. The lowest BCUT2D eigenvalue weighted by atomic mass is 10.0. The van der Waals surface area contributed by atoms with Crippen LogP contribution >= 0.6 is 11.3 Å². The summed E-state index contributed by atoms with van der Waals surface area (Å²) < 4.78 is 7.60. The normalized spacial score (nSPS) is 16.5. The van der Waals surface area contributed by atoms with Gasteiger partial charge in [-0.25, -0.2) is 9.98 Å². The molecule has 0 N–H and O–H groups in total. The summed E-state index contributed by atoms with van der Waals surface area (Å²) >= 11 is 1.53. The highest BCUT2D eigenvalue weighted by Crippen LogP contribution is 2.21. The number of carbonyl (C=O) groups excluding carboxylic acids is 1. The minimum absolute atomic E-state index is 0.194. The van der Waals surface area contributed by atoms with Gasteiger partial charge in [0.1, 0.15) is 5.69 Å². The fourth-order valence-electron chi connectivity index (χ4n) is 2.82. The van der Waals surface area contributed by atoms with E-state index >= 15 is 0 Å². The number of nitrogens with zero attached hydrogens (tertiary/aromatic N) is 5. The zero-order valence-electron chi connectivity index (χ0n) is 12.9. The molecule has 122 valence electrons. The van der Waals surface area contributed by atoms with Crippen LogP contribution < -0.4 is 10.6 Å². The predicted molar refractivity (Wildman–Crippen MR) is 90.3 cm³/mol. The molecule has 1 aliphatic heterocycles. The minimum Gasteiger partial charge on any atom is -0.419 e. The summed E-state index contributed by atoms with van der Waals surface area (Å²) in [7, 11) is 0. The second kappa shape index (κ2) is 5.45. The van der Waals surface area contributed by atoms with Gasteiger partial charge in [0.15, 0.2) is 4.96 Å². The number of carbonyl (C=O) groups is 1. The lowest BCUT2D eigenvalue weighted by Gasteiger charge is -2.09. The van der Waals surface area contributed by atoms with E-state index in [-0.39, 0.29) is 5.91 Å². The Balaban J connectivity index is 1.44. The first-order valence-corrected chi connectivity index (χ1v) is 8.59. The van der Waals surface area contributed by atoms with Gasteiger partial charge in [-0.15, -0.1) is 21.5 Å². The zero-order chi connectivity index (χ0) is 16.8. The van der Waals surface area contributed by atoms with Crippen molar-refractivity contribution in [2.24, 2.45) is 10.9 Å². The van der Waals surface area contributed by atoms with Gasteiger partial charge in [0, 0.05) is 24.2 Å². The monoisotopic (exact) mass is 349 g/mol. The third kappa shape index (κ3) is 2.47. The van der Waals surface area contributed by atoms with E-state index in [0.29, 0.717) is 29.3 Å². The molecule has 5 rings (SSSR count). The maximum atomic E-state index is 12.2. The number of para-hydroxylation sites is 1. The van der Waals surface area contributed by atoms with Crippen molar-refractivity contribution < 1.29 is 9.21 Å². The molecule has 0 radical (unpaired) electrons. The number of rotatable bonds is 3. The molecule has 1 amide bonds. The maximum Gasteiger partial charge on any atom is 0.267 e. The van der Waals surface area contributed by atoms with Gasteiger partial charge in [-0.05, 0) is 11.3 Å². The third-order valence-corrected chi connectivity index (χ3v) is 4.81. The number of amides is 1. The molecular weight excluding hydrogens is 338 g/mol. The van der Waals surface area contributed by atoms with Crippen LogP contribution in [0.5, 0.6) is 0 Å². The number of hydrogen-bond acceptors (Lipinski definition) is 6. The molecular formula is C17H11N5O2S. The molecule has 4 heterocycles. The molecule has 25 heavy (non-hydrogen) atoms. The largest absolute Gasteiger partial charge is 0.419 e. The summed E-state index contributed by atoms with van der Waals surface area (Å²) in [6.07, 6.45) is 5.99. The molecule has 1 aliphatic rings. The minimum atomic E-state index is -0.395. The van der Waals surface area contributed by atoms with Crippen molar-refractivity contribution in [1.82, 2.24) is 19.6 Å². The van der Waals surface area contributed by atoms with Crippen LogP contribution in [0.2, 0.25) is 0 Å². The highest BCUT2D eigenvalue weighted by molar-refractivity contribution is 7.15. The molecule has 0 fully saturated rings. The highest BCUT2D eigenvalue weighted by Gasteiger charge is 2.22. The summed E-state index contributed by atoms with van der Waals surface area (Å²) in [4.78, 5) is 21.7. The Kier molecular flexibility index (Phi) is 3.10. The zero-order valence-corrected chi connectivity index (χ0v) is 13.7. The van der Waals surface area contributed by atoms with Gasteiger partial charge in [0.2, 0.25) is 5.89 Å². The van der Waals surface area contributed by atoms with Crippen molar-refractivity contribution in [3.05, 3.63) is 58.5 Å². The highest BCUT2D eigenvalue weighted by atomic mass is 32.1. The molecule has 0 bridgehead atoms. The Morgan fingerprint density at radius 1 is 1.24 bits per heavy atom. The van der Waals surface area contributed by atoms with E-state index in [1.807, 2.05) is 52.5 Å². The molecule has 1 unspecified atom stereocenters.